The lowest BCUT2D eigenvalue weighted by molar-refractivity contribution is -0.137. The van der Waals surface area contributed by atoms with E-state index < -0.39 is 11.7 Å². The number of nitrogens with zero attached hydrogens (tertiary/aromatic N) is 2. The Bertz CT molecular complexity index is 2270. The summed E-state index contributed by atoms with van der Waals surface area (Å²) >= 11 is 0. The molecule has 0 amide bonds. The zero-order valence-corrected chi connectivity index (χ0v) is 24.7. The predicted molar refractivity (Wildman–Crippen MR) is 183 cm³/mol. The Morgan fingerprint density at radius 3 is 1.96 bits per heavy atom. The summed E-state index contributed by atoms with van der Waals surface area (Å²) in [6.45, 7) is 0.401. The Labute approximate surface area is 264 Å². The average Bonchev–Trinajstić information content (AvgIpc) is 3.08. The number of halogens is 3. The topological polar surface area (TPSA) is 27.0 Å². The van der Waals surface area contributed by atoms with Gasteiger partial charge in [0.2, 0.25) is 0 Å². The first-order valence-electron chi connectivity index (χ1n) is 14.9. The molecule has 0 aliphatic heterocycles. The lowest BCUT2D eigenvalue weighted by Gasteiger charge is -2.27. The van der Waals surface area contributed by atoms with E-state index in [9.17, 15) is 18.4 Å². The van der Waals surface area contributed by atoms with Crippen molar-refractivity contribution < 1.29 is 13.2 Å². The van der Waals surface area contributed by atoms with Crippen LogP contribution in [-0.4, -0.2) is 0 Å². The maximum Gasteiger partial charge on any atom is 0.416 e. The first-order valence-corrected chi connectivity index (χ1v) is 14.9. The van der Waals surface area contributed by atoms with Crippen molar-refractivity contribution in [3.8, 4) is 6.07 Å². The second-order valence-electron chi connectivity index (χ2n) is 11.3. The molecule has 0 aliphatic rings. The fraction of sp³-hybridized carbons (Fsp3) is 0.0488. The number of hydrogen-bond donors (Lipinski definition) is 0. The quantitative estimate of drug-likeness (QED) is 0.139. The maximum atomic E-state index is 13.2. The van der Waals surface area contributed by atoms with Gasteiger partial charge in [0.1, 0.15) is 6.07 Å². The van der Waals surface area contributed by atoms with E-state index in [-0.39, 0.29) is 0 Å². The third kappa shape index (κ3) is 5.69. The van der Waals surface area contributed by atoms with Crippen LogP contribution in [0.3, 0.4) is 0 Å². The largest absolute Gasteiger partial charge is 0.416 e. The van der Waals surface area contributed by atoms with Crippen LogP contribution in [0.25, 0.3) is 44.5 Å². The molecule has 0 N–H and O–H groups in total. The molecule has 5 heteroatoms. The second kappa shape index (κ2) is 11.9. The minimum absolute atomic E-state index is 0.401. The summed E-state index contributed by atoms with van der Waals surface area (Å²) in [6, 6.07) is 46.3. The molecule has 222 valence electrons. The van der Waals surface area contributed by atoms with Crippen LogP contribution in [0.2, 0.25) is 0 Å². The summed E-state index contributed by atoms with van der Waals surface area (Å²) in [4.78, 5) is 2.14. The number of nitriles is 1. The number of alkyl halides is 3. The van der Waals surface area contributed by atoms with Crippen molar-refractivity contribution in [2.45, 2.75) is 12.7 Å². The molecule has 0 radical (unpaired) electrons. The van der Waals surface area contributed by atoms with Crippen molar-refractivity contribution in [1.29, 1.82) is 5.26 Å². The summed E-state index contributed by atoms with van der Waals surface area (Å²) in [7, 11) is 0. The summed E-state index contributed by atoms with van der Waals surface area (Å²) in [5, 5.41) is 15.9. The van der Waals surface area contributed by atoms with Crippen LogP contribution in [0.5, 0.6) is 0 Å². The van der Waals surface area contributed by atoms with E-state index >= 15 is 0 Å². The number of fused-ring (bicyclic) bond motifs is 3. The lowest BCUT2D eigenvalue weighted by atomic mass is 9.96. The first-order chi connectivity index (χ1) is 22.4. The van der Waals surface area contributed by atoms with Gasteiger partial charge in [0.15, 0.2) is 0 Å². The molecule has 7 aromatic carbocycles. The van der Waals surface area contributed by atoms with Crippen molar-refractivity contribution in [3.05, 3.63) is 167 Å². The monoisotopic (exact) mass is 604 g/mol. The molecule has 0 aliphatic carbocycles. The van der Waals surface area contributed by atoms with Crippen LogP contribution in [0.4, 0.5) is 24.5 Å². The van der Waals surface area contributed by atoms with Gasteiger partial charge in [0.05, 0.1) is 11.1 Å². The van der Waals surface area contributed by atoms with Crippen molar-refractivity contribution in [3.63, 3.8) is 0 Å². The van der Waals surface area contributed by atoms with Crippen LogP contribution in [-0.2, 0) is 12.7 Å². The molecule has 0 unspecified atom stereocenters. The Kier molecular flexibility index (Phi) is 7.48. The smallest absolute Gasteiger partial charge is 0.336 e. The van der Waals surface area contributed by atoms with Gasteiger partial charge >= 0.3 is 6.18 Å². The van der Waals surface area contributed by atoms with Gasteiger partial charge in [-0.15, -0.1) is 0 Å². The van der Waals surface area contributed by atoms with Crippen molar-refractivity contribution >= 4 is 55.8 Å². The van der Waals surface area contributed by atoms with E-state index in [2.05, 4.69) is 53.5 Å². The molecule has 0 heterocycles. The van der Waals surface area contributed by atoms with Crippen molar-refractivity contribution in [1.82, 2.24) is 0 Å². The number of benzene rings is 7. The zero-order valence-electron chi connectivity index (χ0n) is 24.7. The third-order valence-electron chi connectivity index (χ3n) is 8.35. The van der Waals surface area contributed by atoms with Gasteiger partial charge in [-0.2, -0.15) is 18.4 Å². The predicted octanol–water partition coefficient (Wildman–Crippen LogP) is 11.5. The molecule has 0 atom stereocenters. The highest BCUT2D eigenvalue weighted by Gasteiger charge is 2.30. The number of hydrogen-bond acceptors (Lipinski definition) is 2. The Hall–Kier alpha value is -5.86. The van der Waals surface area contributed by atoms with E-state index in [4.69, 9.17) is 0 Å². The summed E-state index contributed by atoms with van der Waals surface area (Å²) < 4.78 is 39.7. The van der Waals surface area contributed by atoms with Gasteiger partial charge in [-0.25, -0.2) is 0 Å². The fourth-order valence-corrected chi connectivity index (χ4v) is 6.01. The highest BCUT2D eigenvalue weighted by Crippen LogP contribution is 2.35. The summed E-state index contributed by atoms with van der Waals surface area (Å²) in [6.07, 6.45) is -0.270. The fourth-order valence-electron chi connectivity index (χ4n) is 6.01. The third-order valence-corrected chi connectivity index (χ3v) is 8.35. The van der Waals surface area contributed by atoms with Gasteiger partial charge < -0.3 is 4.90 Å². The molecule has 46 heavy (non-hydrogen) atoms. The summed E-state index contributed by atoms with van der Waals surface area (Å²) in [5.74, 6) is 0. The van der Waals surface area contributed by atoms with Crippen molar-refractivity contribution in [2.75, 3.05) is 4.90 Å². The Morgan fingerprint density at radius 2 is 1.22 bits per heavy atom. The van der Waals surface area contributed by atoms with Gasteiger partial charge in [-0.3, -0.25) is 0 Å². The SMILES string of the molecule is N#Cc1c2ccccc2cc2cc(C=Cc3ccc(N(Cc4ccc(C(F)(F)F)cc4)c4cccc5ccccc45)cc3)ccc12. The van der Waals surface area contributed by atoms with E-state index in [1.165, 1.54) is 0 Å². The van der Waals surface area contributed by atoms with Crippen LogP contribution in [0.1, 0.15) is 27.8 Å². The lowest BCUT2D eigenvalue weighted by Crippen LogP contribution is -2.17. The number of rotatable bonds is 6. The standard InChI is InChI=1S/C41H27F3N2/c42-41(43,44)34-19-14-30(15-20-34)27-46(40-11-5-8-31-6-1-4-10-38(31)40)35-21-16-28(17-22-35)12-13-29-18-23-37-33(24-29)25-32-7-2-3-9-36(32)39(37)26-45/h1-25H,27H2. The van der Waals surface area contributed by atoms with Crippen LogP contribution in [0, 0.1) is 11.3 Å². The molecule has 0 spiro atoms. The minimum atomic E-state index is -4.38. The average molecular weight is 605 g/mol. The molecule has 2 nitrogen and oxygen atoms in total. The highest BCUT2D eigenvalue weighted by molar-refractivity contribution is 6.05. The normalized spacial score (nSPS) is 11.8. The van der Waals surface area contributed by atoms with Crippen LogP contribution < -0.4 is 4.90 Å². The zero-order chi connectivity index (χ0) is 31.7. The Morgan fingerprint density at radius 1 is 0.587 bits per heavy atom. The van der Waals surface area contributed by atoms with E-state index in [0.29, 0.717) is 12.1 Å². The highest BCUT2D eigenvalue weighted by atomic mass is 19.4. The summed E-state index contributed by atoms with van der Waals surface area (Å²) in [5.41, 5.74) is 4.73. The van der Waals surface area contributed by atoms with E-state index in [1.807, 2.05) is 84.9 Å². The Balaban J connectivity index is 1.20. The van der Waals surface area contributed by atoms with Gasteiger partial charge in [-0.05, 0) is 75.3 Å². The van der Waals surface area contributed by atoms with Gasteiger partial charge in [0.25, 0.3) is 0 Å². The number of anilines is 2. The molecular weight excluding hydrogens is 577 g/mol. The molecule has 0 saturated heterocycles. The molecular formula is C41H27F3N2. The van der Waals surface area contributed by atoms with Gasteiger partial charge in [-0.1, -0.05) is 109 Å². The van der Waals surface area contributed by atoms with Gasteiger partial charge in [0, 0.05) is 34.1 Å². The maximum absolute atomic E-state index is 13.2. The van der Waals surface area contributed by atoms with Crippen LogP contribution >= 0.6 is 0 Å². The minimum Gasteiger partial charge on any atom is -0.336 e. The van der Waals surface area contributed by atoms with E-state index in [0.717, 1.165) is 72.5 Å². The van der Waals surface area contributed by atoms with Crippen LogP contribution in [0.15, 0.2) is 140 Å². The second-order valence-corrected chi connectivity index (χ2v) is 11.3. The molecule has 7 rings (SSSR count). The van der Waals surface area contributed by atoms with E-state index in [1.54, 1.807) is 12.1 Å². The molecule has 0 aromatic heterocycles. The molecule has 0 bridgehead atoms. The van der Waals surface area contributed by atoms with Crippen molar-refractivity contribution in [2.24, 2.45) is 0 Å². The molecule has 7 aromatic rings. The first kappa shape index (κ1) is 28.9. The molecule has 0 saturated carbocycles. The molecule has 0 fully saturated rings.